The Morgan fingerprint density at radius 1 is 0.923 bits per heavy atom. The summed E-state index contributed by atoms with van der Waals surface area (Å²) in [5, 5.41) is 0. The molecule has 0 atom stereocenters. The highest BCUT2D eigenvalue weighted by Crippen LogP contribution is 2.31. The smallest absolute Gasteiger partial charge is 0.416 e. The SMILES string of the molecule is CC(C)(C)c1ccc(COc2coc(CN3CCN(S(=O)(=O)c4cccc(C(F)(F)F)c4)CC3)cc2=O)cc1. The number of sulfonamides is 1. The quantitative estimate of drug-likeness (QED) is 0.400. The van der Waals surface area contributed by atoms with Crippen molar-refractivity contribution < 1.29 is 30.7 Å². The molecule has 7 nitrogen and oxygen atoms in total. The van der Waals surface area contributed by atoms with Crippen LogP contribution in [0, 0.1) is 0 Å². The minimum absolute atomic E-state index is 0.0414. The van der Waals surface area contributed by atoms with Crippen molar-refractivity contribution >= 4 is 10.0 Å². The molecule has 1 fully saturated rings. The Labute approximate surface area is 225 Å². The van der Waals surface area contributed by atoms with E-state index in [0.29, 0.717) is 24.9 Å². The van der Waals surface area contributed by atoms with Gasteiger partial charge in [-0.05, 0) is 34.7 Å². The normalized spacial score (nSPS) is 15.8. The number of ether oxygens (including phenoxy) is 1. The summed E-state index contributed by atoms with van der Waals surface area (Å²) >= 11 is 0. The van der Waals surface area contributed by atoms with Crippen LogP contribution in [0.3, 0.4) is 0 Å². The fourth-order valence-electron chi connectivity index (χ4n) is 4.22. The van der Waals surface area contributed by atoms with Gasteiger partial charge in [-0.15, -0.1) is 0 Å². The van der Waals surface area contributed by atoms with E-state index >= 15 is 0 Å². The van der Waals surface area contributed by atoms with Crippen LogP contribution in [0.1, 0.15) is 43.2 Å². The molecule has 0 unspecified atom stereocenters. The highest BCUT2D eigenvalue weighted by atomic mass is 32.2. The fraction of sp³-hybridized carbons (Fsp3) is 0.393. The first-order valence-corrected chi connectivity index (χ1v) is 13.9. The Balaban J connectivity index is 1.32. The van der Waals surface area contributed by atoms with Crippen molar-refractivity contribution in [1.29, 1.82) is 0 Å². The summed E-state index contributed by atoms with van der Waals surface area (Å²) in [6, 6.07) is 13.1. The van der Waals surface area contributed by atoms with Gasteiger partial charge in [0.15, 0.2) is 0 Å². The minimum Gasteiger partial charge on any atom is -0.482 e. The summed E-state index contributed by atoms with van der Waals surface area (Å²) in [4.78, 5) is 14.1. The summed E-state index contributed by atoms with van der Waals surface area (Å²) in [7, 11) is -4.08. The molecule has 1 aliphatic rings. The van der Waals surface area contributed by atoms with Crippen molar-refractivity contribution in [1.82, 2.24) is 9.21 Å². The Kier molecular flexibility index (Phi) is 8.25. The molecule has 39 heavy (non-hydrogen) atoms. The maximum Gasteiger partial charge on any atom is 0.416 e. The standard InChI is InChI=1S/C28H31F3N2O5S/c1-27(2,3)21-9-7-20(8-10-21)18-38-26-19-37-23(16-25(26)34)17-32-11-13-33(14-12-32)39(35,36)24-6-4-5-22(15-24)28(29,30)31/h4-10,15-16,19H,11-14,17-18H2,1-3H3. The summed E-state index contributed by atoms with van der Waals surface area (Å²) in [5.74, 6) is 0.492. The van der Waals surface area contributed by atoms with Crippen molar-refractivity contribution in [3.63, 3.8) is 0 Å². The van der Waals surface area contributed by atoms with Gasteiger partial charge in [0.1, 0.15) is 18.6 Å². The molecular formula is C28H31F3N2O5S. The Bertz CT molecular complexity index is 1450. The van der Waals surface area contributed by atoms with Crippen LogP contribution >= 0.6 is 0 Å². The van der Waals surface area contributed by atoms with E-state index in [1.807, 2.05) is 29.2 Å². The number of rotatable bonds is 7. The van der Waals surface area contributed by atoms with E-state index in [1.54, 1.807) is 0 Å². The van der Waals surface area contributed by atoms with Crippen molar-refractivity contribution in [2.24, 2.45) is 0 Å². The molecule has 0 N–H and O–H groups in total. The van der Waals surface area contributed by atoms with Gasteiger partial charge in [-0.2, -0.15) is 17.5 Å². The lowest BCUT2D eigenvalue weighted by Gasteiger charge is -2.33. The summed E-state index contributed by atoms with van der Waals surface area (Å²) in [5.41, 5.74) is 0.824. The van der Waals surface area contributed by atoms with Gasteiger partial charge in [-0.1, -0.05) is 51.1 Å². The predicted octanol–water partition coefficient (Wildman–Crippen LogP) is 5.04. The molecule has 1 aromatic heterocycles. The third kappa shape index (κ3) is 7.09. The molecule has 0 amide bonds. The van der Waals surface area contributed by atoms with Crippen LogP contribution in [0.25, 0.3) is 0 Å². The van der Waals surface area contributed by atoms with Crippen molar-refractivity contribution in [2.75, 3.05) is 26.2 Å². The van der Waals surface area contributed by atoms with E-state index in [9.17, 15) is 26.4 Å². The first kappa shape index (κ1) is 28.8. The van der Waals surface area contributed by atoms with Gasteiger partial charge in [0.05, 0.1) is 17.0 Å². The molecule has 11 heteroatoms. The zero-order valence-corrected chi connectivity index (χ0v) is 22.8. The highest BCUT2D eigenvalue weighted by Gasteiger charge is 2.34. The van der Waals surface area contributed by atoms with Crippen LogP contribution in [0.2, 0.25) is 0 Å². The third-order valence-electron chi connectivity index (χ3n) is 6.58. The lowest BCUT2D eigenvalue weighted by molar-refractivity contribution is -0.137. The molecule has 0 bridgehead atoms. The molecule has 210 valence electrons. The molecule has 0 spiro atoms. The highest BCUT2D eigenvalue weighted by molar-refractivity contribution is 7.89. The second-order valence-corrected chi connectivity index (χ2v) is 12.5. The van der Waals surface area contributed by atoms with E-state index in [-0.39, 0.29) is 42.8 Å². The van der Waals surface area contributed by atoms with Crippen LogP contribution in [-0.2, 0) is 34.8 Å². The van der Waals surface area contributed by atoms with Gasteiger partial charge in [-0.25, -0.2) is 8.42 Å². The summed E-state index contributed by atoms with van der Waals surface area (Å²) in [6.07, 6.45) is -3.36. The summed E-state index contributed by atoms with van der Waals surface area (Å²) in [6.45, 7) is 7.74. The lowest BCUT2D eigenvalue weighted by Crippen LogP contribution is -2.48. The number of benzene rings is 2. The zero-order chi connectivity index (χ0) is 28.4. The Morgan fingerprint density at radius 2 is 1.59 bits per heavy atom. The van der Waals surface area contributed by atoms with Crippen molar-refractivity contribution in [2.45, 2.75) is 50.4 Å². The molecule has 1 saturated heterocycles. The minimum atomic E-state index is -4.63. The monoisotopic (exact) mass is 564 g/mol. The Hall–Kier alpha value is -3.15. The first-order chi connectivity index (χ1) is 18.2. The molecular weight excluding hydrogens is 533 g/mol. The van der Waals surface area contributed by atoms with E-state index in [0.717, 1.165) is 23.8 Å². The number of hydrogen-bond donors (Lipinski definition) is 0. The second-order valence-electron chi connectivity index (χ2n) is 10.5. The maximum absolute atomic E-state index is 13.0. The van der Waals surface area contributed by atoms with Crippen LogP contribution < -0.4 is 10.2 Å². The zero-order valence-electron chi connectivity index (χ0n) is 22.0. The number of piperazine rings is 1. The topological polar surface area (TPSA) is 80.1 Å². The van der Waals surface area contributed by atoms with Gasteiger partial charge in [0.25, 0.3) is 0 Å². The van der Waals surface area contributed by atoms with Gasteiger partial charge in [0.2, 0.25) is 21.2 Å². The lowest BCUT2D eigenvalue weighted by atomic mass is 9.87. The molecule has 1 aliphatic heterocycles. The van der Waals surface area contributed by atoms with Gasteiger partial charge in [-0.3, -0.25) is 9.69 Å². The molecule has 0 radical (unpaired) electrons. The Morgan fingerprint density at radius 3 is 2.18 bits per heavy atom. The molecule has 2 aromatic carbocycles. The number of nitrogens with zero attached hydrogens (tertiary/aromatic N) is 2. The van der Waals surface area contributed by atoms with Gasteiger partial charge in [0, 0.05) is 32.2 Å². The maximum atomic E-state index is 13.0. The first-order valence-electron chi connectivity index (χ1n) is 12.5. The molecule has 4 rings (SSSR count). The molecule has 0 aliphatic carbocycles. The van der Waals surface area contributed by atoms with Crippen LogP contribution in [-0.4, -0.2) is 43.8 Å². The van der Waals surface area contributed by atoms with Crippen LogP contribution in [0.4, 0.5) is 13.2 Å². The number of alkyl halides is 3. The van der Waals surface area contributed by atoms with E-state index < -0.39 is 26.7 Å². The largest absolute Gasteiger partial charge is 0.482 e. The van der Waals surface area contributed by atoms with Crippen LogP contribution in [0.15, 0.2) is 75.0 Å². The number of halogens is 3. The number of hydrogen-bond acceptors (Lipinski definition) is 6. The van der Waals surface area contributed by atoms with E-state index in [4.69, 9.17) is 9.15 Å². The average molecular weight is 565 g/mol. The van der Waals surface area contributed by atoms with E-state index in [2.05, 4.69) is 20.8 Å². The molecule has 0 saturated carbocycles. The second kappa shape index (κ2) is 11.1. The molecule has 2 heterocycles. The van der Waals surface area contributed by atoms with Crippen molar-refractivity contribution in [3.8, 4) is 5.75 Å². The molecule has 3 aromatic rings. The van der Waals surface area contributed by atoms with E-state index in [1.165, 1.54) is 22.2 Å². The van der Waals surface area contributed by atoms with Gasteiger partial charge < -0.3 is 9.15 Å². The summed E-state index contributed by atoms with van der Waals surface area (Å²) < 4.78 is 77.3. The predicted molar refractivity (Wildman–Crippen MR) is 140 cm³/mol. The van der Waals surface area contributed by atoms with Gasteiger partial charge >= 0.3 is 6.18 Å². The fourth-order valence-corrected chi connectivity index (χ4v) is 5.69. The van der Waals surface area contributed by atoms with Crippen LogP contribution in [0.5, 0.6) is 5.75 Å². The van der Waals surface area contributed by atoms with Crippen molar-refractivity contribution in [3.05, 3.63) is 93.5 Å². The third-order valence-corrected chi connectivity index (χ3v) is 8.47. The average Bonchev–Trinajstić information content (AvgIpc) is 2.88.